The summed E-state index contributed by atoms with van der Waals surface area (Å²) >= 11 is 0. The molecule has 22 heavy (non-hydrogen) atoms. The number of carbonyl (C=O) groups excluding carboxylic acids is 1. The number of hydrogen-bond acceptors (Lipinski definition) is 2. The Labute approximate surface area is 131 Å². The summed E-state index contributed by atoms with van der Waals surface area (Å²) in [4.78, 5) is 23.6. The Bertz CT molecular complexity index is 562. The summed E-state index contributed by atoms with van der Waals surface area (Å²) in [7, 11) is 0. The Morgan fingerprint density at radius 1 is 1.18 bits per heavy atom. The zero-order chi connectivity index (χ0) is 16.1. The second kappa shape index (κ2) is 7.25. The van der Waals surface area contributed by atoms with Crippen LogP contribution in [0.5, 0.6) is 0 Å². The minimum atomic E-state index is -0.906. The number of carboxylic acid groups (broad SMARTS) is 1. The third kappa shape index (κ3) is 3.75. The lowest BCUT2D eigenvalue weighted by atomic mass is 9.82. The molecule has 1 amide bonds. The summed E-state index contributed by atoms with van der Waals surface area (Å²) in [5.41, 5.74) is 1.96. The summed E-state index contributed by atoms with van der Waals surface area (Å²) in [5.74, 6) is -1.77. The van der Waals surface area contributed by atoms with Crippen molar-refractivity contribution in [2.45, 2.75) is 39.0 Å². The molecule has 0 unspecified atom stereocenters. The highest BCUT2D eigenvalue weighted by Crippen LogP contribution is 2.27. The van der Waals surface area contributed by atoms with Gasteiger partial charge in [0.2, 0.25) is 5.91 Å². The molecule has 1 aliphatic rings. The van der Waals surface area contributed by atoms with Gasteiger partial charge in [-0.25, -0.2) is 0 Å². The molecule has 0 aromatic heterocycles. The predicted octanol–water partition coefficient (Wildman–Crippen LogP) is 3.81. The Morgan fingerprint density at radius 2 is 1.77 bits per heavy atom. The van der Waals surface area contributed by atoms with E-state index in [9.17, 15) is 14.7 Å². The minimum absolute atomic E-state index is 0.215. The zero-order valence-corrected chi connectivity index (χ0v) is 13.1. The normalized spacial score (nSPS) is 22.1. The van der Waals surface area contributed by atoms with E-state index in [2.05, 4.69) is 19.2 Å². The highest BCUT2D eigenvalue weighted by molar-refractivity contribution is 5.95. The molecule has 0 saturated heterocycles. The maximum atomic E-state index is 12.3. The molecule has 118 valence electrons. The molecule has 0 aliphatic heterocycles. The number of hydrogen-bond donors (Lipinski definition) is 2. The SMILES string of the molecule is CC[C@H](C)c1ccc(NC(=O)[C@H]2CC=CC[C@@H]2C(=O)O)cc1. The van der Waals surface area contributed by atoms with E-state index in [-0.39, 0.29) is 5.91 Å². The summed E-state index contributed by atoms with van der Waals surface area (Å²) in [5, 5.41) is 12.1. The van der Waals surface area contributed by atoms with Crippen LogP contribution < -0.4 is 5.32 Å². The van der Waals surface area contributed by atoms with Crippen LogP contribution in [-0.4, -0.2) is 17.0 Å². The molecule has 4 heteroatoms. The van der Waals surface area contributed by atoms with Crippen LogP contribution >= 0.6 is 0 Å². The zero-order valence-electron chi connectivity index (χ0n) is 13.1. The molecule has 1 aliphatic carbocycles. The summed E-state index contributed by atoms with van der Waals surface area (Å²) in [6.07, 6.45) is 5.69. The van der Waals surface area contributed by atoms with E-state index in [0.717, 1.165) is 12.1 Å². The van der Waals surface area contributed by atoms with Crippen molar-refractivity contribution in [2.75, 3.05) is 5.32 Å². The van der Waals surface area contributed by atoms with Crippen molar-refractivity contribution < 1.29 is 14.7 Å². The number of aliphatic carboxylic acids is 1. The molecule has 1 aromatic carbocycles. The molecule has 0 saturated carbocycles. The Balaban J connectivity index is 2.05. The number of carbonyl (C=O) groups is 2. The summed E-state index contributed by atoms with van der Waals surface area (Å²) in [6, 6.07) is 7.79. The van der Waals surface area contributed by atoms with Crippen molar-refractivity contribution in [3.63, 3.8) is 0 Å². The number of carboxylic acids is 1. The van der Waals surface area contributed by atoms with E-state index in [1.165, 1.54) is 5.56 Å². The van der Waals surface area contributed by atoms with Crippen molar-refractivity contribution in [3.8, 4) is 0 Å². The number of anilines is 1. The van der Waals surface area contributed by atoms with Crippen molar-refractivity contribution in [2.24, 2.45) is 11.8 Å². The first-order valence-electron chi connectivity index (χ1n) is 7.81. The molecule has 0 fully saturated rings. The monoisotopic (exact) mass is 301 g/mol. The fraction of sp³-hybridized carbons (Fsp3) is 0.444. The number of nitrogens with one attached hydrogen (secondary N) is 1. The Kier molecular flexibility index (Phi) is 5.36. The van der Waals surface area contributed by atoms with Crippen LogP contribution in [0.2, 0.25) is 0 Å². The second-order valence-corrected chi connectivity index (χ2v) is 5.91. The Hall–Kier alpha value is -2.10. The van der Waals surface area contributed by atoms with E-state index >= 15 is 0 Å². The molecule has 3 atom stereocenters. The average molecular weight is 301 g/mol. The maximum absolute atomic E-state index is 12.3. The molecule has 2 rings (SSSR count). The van der Waals surface area contributed by atoms with Crippen LogP contribution in [-0.2, 0) is 9.59 Å². The van der Waals surface area contributed by atoms with Crippen molar-refractivity contribution in [1.29, 1.82) is 0 Å². The van der Waals surface area contributed by atoms with Crippen molar-refractivity contribution >= 4 is 17.6 Å². The third-order valence-corrected chi connectivity index (χ3v) is 4.45. The third-order valence-electron chi connectivity index (χ3n) is 4.45. The second-order valence-electron chi connectivity index (χ2n) is 5.91. The van der Waals surface area contributed by atoms with Gasteiger partial charge >= 0.3 is 5.97 Å². The van der Waals surface area contributed by atoms with Gasteiger partial charge in [-0.3, -0.25) is 9.59 Å². The van der Waals surface area contributed by atoms with Gasteiger partial charge in [0.25, 0.3) is 0 Å². The van der Waals surface area contributed by atoms with Crippen molar-refractivity contribution in [3.05, 3.63) is 42.0 Å². The van der Waals surface area contributed by atoms with Gasteiger partial charge in [0.15, 0.2) is 0 Å². The van der Waals surface area contributed by atoms with E-state index in [1.54, 1.807) is 0 Å². The van der Waals surface area contributed by atoms with Crippen LogP contribution in [0.4, 0.5) is 5.69 Å². The molecule has 0 bridgehead atoms. The summed E-state index contributed by atoms with van der Waals surface area (Å²) in [6.45, 7) is 4.31. The van der Waals surface area contributed by atoms with Gasteiger partial charge in [-0.1, -0.05) is 38.1 Å². The van der Waals surface area contributed by atoms with Gasteiger partial charge in [0, 0.05) is 5.69 Å². The lowest BCUT2D eigenvalue weighted by Crippen LogP contribution is -2.34. The van der Waals surface area contributed by atoms with E-state index in [1.807, 2.05) is 36.4 Å². The highest BCUT2D eigenvalue weighted by Gasteiger charge is 2.33. The molecule has 0 radical (unpaired) electrons. The van der Waals surface area contributed by atoms with Gasteiger partial charge in [-0.05, 0) is 42.9 Å². The van der Waals surface area contributed by atoms with E-state index in [0.29, 0.717) is 18.8 Å². The quantitative estimate of drug-likeness (QED) is 0.813. The Morgan fingerprint density at radius 3 is 2.32 bits per heavy atom. The number of amides is 1. The molecule has 0 heterocycles. The molecule has 0 spiro atoms. The van der Waals surface area contributed by atoms with E-state index in [4.69, 9.17) is 0 Å². The van der Waals surface area contributed by atoms with E-state index < -0.39 is 17.8 Å². The van der Waals surface area contributed by atoms with Gasteiger partial charge in [-0.2, -0.15) is 0 Å². The van der Waals surface area contributed by atoms with Gasteiger partial charge < -0.3 is 10.4 Å². The molecular weight excluding hydrogens is 278 g/mol. The first-order valence-corrected chi connectivity index (χ1v) is 7.81. The fourth-order valence-electron chi connectivity index (χ4n) is 2.74. The van der Waals surface area contributed by atoms with Crippen LogP contribution in [0.15, 0.2) is 36.4 Å². The number of rotatable bonds is 5. The lowest BCUT2D eigenvalue weighted by molar-refractivity contribution is -0.146. The summed E-state index contributed by atoms with van der Waals surface area (Å²) < 4.78 is 0. The molecular formula is C18H23NO3. The van der Waals surface area contributed by atoms with Crippen LogP contribution in [0, 0.1) is 11.8 Å². The van der Waals surface area contributed by atoms with Gasteiger partial charge in [0.05, 0.1) is 11.8 Å². The van der Waals surface area contributed by atoms with Crippen molar-refractivity contribution in [1.82, 2.24) is 0 Å². The first kappa shape index (κ1) is 16.3. The van der Waals surface area contributed by atoms with Gasteiger partial charge in [-0.15, -0.1) is 0 Å². The minimum Gasteiger partial charge on any atom is -0.481 e. The predicted molar refractivity (Wildman–Crippen MR) is 86.8 cm³/mol. The lowest BCUT2D eigenvalue weighted by Gasteiger charge is -2.24. The standard InChI is InChI=1S/C18H23NO3/c1-3-12(2)13-8-10-14(11-9-13)19-17(20)15-6-4-5-7-16(15)18(21)22/h4-5,8-12,15-16H,3,6-7H2,1-2H3,(H,19,20)(H,21,22)/t12-,15-,16-/m0/s1. The van der Waals surface area contributed by atoms with Crippen LogP contribution in [0.25, 0.3) is 0 Å². The maximum Gasteiger partial charge on any atom is 0.307 e. The number of benzene rings is 1. The fourth-order valence-corrected chi connectivity index (χ4v) is 2.74. The van der Waals surface area contributed by atoms with Gasteiger partial charge in [0.1, 0.15) is 0 Å². The largest absolute Gasteiger partial charge is 0.481 e. The topological polar surface area (TPSA) is 66.4 Å². The molecule has 1 aromatic rings. The molecule has 4 nitrogen and oxygen atoms in total. The molecule has 2 N–H and O–H groups in total. The number of allylic oxidation sites excluding steroid dienone is 2. The van der Waals surface area contributed by atoms with Crippen LogP contribution in [0.3, 0.4) is 0 Å². The first-order chi connectivity index (χ1) is 10.5. The highest BCUT2D eigenvalue weighted by atomic mass is 16.4. The average Bonchev–Trinajstić information content (AvgIpc) is 2.54. The van der Waals surface area contributed by atoms with Crippen LogP contribution in [0.1, 0.15) is 44.6 Å². The smallest absolute Gasteiger partial charge is 0.307 e.